The molecule has 0 radical (unpaired) electrons. The molecule has 3 aromatic rings. The highest BCUT2D eigenvalue weighted by atomic mass is 35.5. The van der Waals surface area contributed by atoms with Crippen LogP contribution in [0.5, 0.6) is 0 Å². The van der Waals surface area contributed by atoms with E-state index in [-0.39, 0.29) is 12.3 Å². The van der Waals surface area contributed by atoms with Gasteiger partial charge in [-0.05, 0) is 42.0 Å². The fourth-order valence-electron chi connectivity index (χ4n) is 2.11. The average molecular weight is 339 g/mol. The second kappa shape index (κ2) is 7.57. The van der Waals surface area contributed by atoms with Crippen LogP contribution in [-0.4, -0.2) is 16.1 Å². The van der Waals surface area contributed by atoms with Crippen LogP contribution in [0.15, 0.2) is 66.7 Å². The second-order valence-corrected chi connectivity index (χ2v) is 5.58. The van der Waals surface area contributed by atoms with Crippen molar-refractivity contribution in [3.8, 4) is 0 Å². The zero-order valence-electron chi connectivity index (χ0n) is 12.7. The number of hydrogen-bond acceptors (Lipinski definition) is 4. The van der Waals surface area contributed by atoms with Gasteiger partial charge in [0.05, 0.1) is 6.42 Å². The average Bonchev–Trinajstić information content (AvgIpc) is 2.60. The molecule has 0 spiro atoms. The van der Waals surface area contributed by atoms with Crippen LogP contribution in [0.3, 0.4) is 0 Å². The number of nitrogens with one attached hydrogen (secondary N) is 2. The lowest BCUT2D eigenvalue weighted by Gasteiger charge is -2.07. The summed E-state index contributed by atoms with van der Waals surface area (Å²) in [5.74, 6) is 0.861. The molecule has 0 atom stereocenters. The van der Waals surface area contributed by atoms with Crippen LogP contribution in [0, 0.1) is 0 Å². The van der Waals surface area contributed by atoms with Crippen LogP contribution in [0.4, 0.5) is 17.3 Å². The summed E-state index contributed by atoms with van der Waals surface area (Å²) < 4.78 is 0. The largest absolute Gasteiger partial charge is 0.339 e. The highest BCUT2D eigenvalue weighted by Crippen LogP contribution is 2.14. The summed E-state index contributed by atoms with van der Waals surface area (Å²) in [6.45, 7) is 0. The first-order chi connectivity index (χ1) is 11.7. The predicted molar refractivity (Wildman–Crippen MR) is 95.5 cm³/mol. The van der Waals surface area contributed by atoms with Crippen LogP contribution in [-0.2, 0) is 11.2 Å². The molecule has 3 rings (SSSR count). The molecule has 0 aliphatic rings. The Kier molecular flexibility index (Phi) is 5.03. The normalized spacial score (nSPS) is 10.2. The number of rotatable bonds is 5. The van der Waals surface area contributed by atoms with Crippen LogP contribution in [0.2, 0.25) is 5.02 Å². The van der Waals surface area contributed by atoms with Crippen molar-refractivity contribution in [1.82, 2.24) is 10.2 Å². The number of para-hydroxylation sites is 1. The molecule has 0 saturated heterocycles. The fraction of sp³-hybridized carbons (Fsp3) is 0.0556. The summed E-state index contributed by atoms with van der Waals surface area (Å²) in [5, 5.41) is 14.6. The van der Waals surface area contributed by atoms with Crippen molar-refractivity contribution in [2.75, 3.05) is 10.6 Å². The lowest BCUT2D eigenvalue weighted by molar-refractivity contribution is -0.115. The Bertz CT molecular complexity index is 805. The molecular weight excluding hydrogens is 324 g/mol. The first-order valence-electron chi connectivity index (χ1n) is 7.39. The Morgan fingerprint density at radius 3 is 2.21 bits per heavy atom. The molecule has 0 bridgehead atoms. The molecule has 5 nitrogen and oxygen atoms in total. The highest BCUT2D eigenvalue weighted by Gasteiger charge is 2.06. The third-order valence-electron chi connectivity index (χ3n) is 3.26. The smallest absolute Gasteiger partial charge is 0.229 e. The van der Waals surface area contributed by atoms with E-state index >= 15 is 0 Å². The molecule has 120 valence electrons. The number of anilines is 3. The lowest BCUT2D eigenvalue weighted by Crippen LogP contribution is -2.15. The molecule has 2 aromatic carbocycles. The summed E-state index contributed by atoms with van der Waals surface area (Å²) in [5.41, 5.74) is 1.80. The zero-order valence-corrected chi connectivity index (χ0v) is 13.5. The Morgan fingerprint density at radius 2 is 1.54 bits per heavy atom. The van der Waals surface area contributed by atoms with Crippen molar-refractivity contribution in [1.29, 1.82) is 0 Å². The number of halogens is 1. The number of amides is 1. The van der Waals surface area contributed by atoms with Gasteiger partial charge in [0.1, 0.15) is 0 Å². The monoisotopic (exact) mass is 338 g/mol. The molecule has 0 saturated carbocycles. The summed E-state index contributed by atoms with van der Waals surface area (Å²) in [4.78, 5) is 12.0. The predicted octanol–water partition coefficient (Wildman–Crippen LogP) is 4.05. The van der Waals surface area contributed by atoms with Crippen LogP contribution in [0.25, 0.3) is 0 Å². The first kappa shape index (κ1) is 16.0. The van der Waals surface area contributed by atoms with E-state index < -0.39 is 0 Å². The first-order valence-corrected chi connectivity index (χ1v) is 7.77. The van der Waals surface area contributed by atoms with Crippen molar-refractivity contribution in [2.45, 2.75) is 6.42 Å². The summed E-state index contributed by atoms with van der Waals surface area (Å²) in [7, 11) is 0. The number of nitrogens with zero attached hydrogens (tertiary/aromatic N) is 2. The van der Waals surface area contributed by atoms with Crippen LogP contribution in [0.1, 0.15) is 5.56 Å². The van der Waals surface area contributed by atoms with Gasteiger partial charge in [0.2, 0.25) is 5.91 Å². The Hall–Kier alpha value is -2.92. The molecule has 1 heterocycles. The quantitative estimate of drug-likeness (QED) is 0.736. The summed E-state index contributed by atoms with van der Waals surface area (Å²) >= 11 is 5.83. The van der Waals surface area contributed by atoms with Crippen LogP contribution >= 0.6 is 11.6 Å². The van der Waals surface area contributed by atoms with E-state index in [0.29, 0.717) is 16.7 Å². The molecular formula is C18H15ClN4O. The molecule has 1 aromatic heterocycles. The molecule has 0 unspecified atom stereocenters. The van der Waals surface area contributed by atoms with Crippen molar-refractivity contribution in [3.63, 3.8) is 0 Å². The minimum absolute atomic E-state index is 0.157. The molecule has 2 N–H and O–H groups in total. The summed E-state index contributed by atoms with van der Waals surface area (Å²) in [6.07, 6.45) is 0.253. The maximum atomic E-state index is 12.0. The Morgan fingerprint density at radius 1 is 0.875 bits per heavy atom. The molecule has 0 aliphatic carbocycles. The fourth-order valence-corrected chi connectivity index (χ4v) is 2.24. The maximum Gasteiger partial charge on any atom is 0.229 e. The second-order valence-electron chi connectivity index (χ2n) is 5.15. The van der Waals surface area contributed by atoms with Gasteiger partial charge in [0.25, 0.3) is 0 Å². The molecule has 0 fully saturated rings. The Balaban J connectivity index is 1.57. The molecule has 0 aliphatic heterocycles. The number of benzene rings is 2. The lowest BCUT2D eigenvalue weighted by atomic mass is 10.1. The third-order valence-corrected chi connectivity index (χ3v) is 3.51. The van der Waals surface area contributed by atoms with E-state index in [1.54, 1.807) is 24.3 Å². The van der Waals surface area contributed by atoms with Gasteiger partial charge in [-0.15, -0.1) is 10.2 Å². The number of carbonyl (C=O) groups is 1. The SMILES string of the molecule is O=C(Cc1ccc(Cl)cc1)Nc1ccc(Nc2ccccc2)nn1. The highest BCUT2D eigenvalue weighted by molar-refractivity contribution is 6.30. The van der Waals surface area contributed by atoms with E-state index in [9.17, 15) is 4.79 Å². The minimum atomic E-state index is -0.157. The number of aromatic nitrogens is 2. The van der Waals surface area contributed by atoms with Gasteiger partial charge >= 0.3 is 0 Å². The van der Waals surface area contributed by atoms with E-state index in [0.717, 1.165) is 11.3 Å². The van der Waals surface area contributed by atoms with Gasteiger partial charge < -0.3 is 10.6 Å². The topological polar surface area (TPSA) is 66.9 Å². The van der Waals surface area contributed by atoms with E-state index in [2.05, 4.69) is 20.8 Å². The van der Waals surface area contributed by atoms with E-state index in [1.807, 2.05) is 42.5 Å². The zero-order chi connectivity index (χ0) is 16.8. The van der Waals surface area contributed by atoms with E-state index in [1.165, 1.54) is 0 Å². The minimum Gasteiger partial charge on any atom is -0.339 e. The number of hydrogen-bond donors (Lipinski definition) is 2. The third kappa shape index (κ3) is 4.54. The van der Waals surface area contributed by atoms with Crippen molar-refractivity contribution in [3.05, 3.63) is 77.3 Å². The van der Waals surface area contributed by atoms with Gasteiger partial charge in [0, 0.05) is 10.7 Å². The molecule has 24 heavy (non-hydrogen) atoms. The maximum absolute atomic E-state index is 12.0. The van der Waals surface area contributed by atoms with Gasteiger partial charge in [-0.25, -0.2) is 0 Å². The van der Waals surface area contributed by atoms with Crippen molar-refractivity contribution < 1.29 is 4.79 Å². The summed E-state index contributed by atoms with van der Waals surface area (Å²) in [6, 6.07) is 20.3. The standard InChI is InChI=1S/C18H15ClN4O/c19-14-8-6-13(7-9-14)12-18(24)21-17-11-10-16(22-23-17)20-15-4-2-1-3-5-15/h1-11H,12H2,(H,20,22)(H,21,23,24). The van der Waals surface area contributed by atoms with Gasteiger partial charge in [-0.1, -0.05) is 41.9 Å². The molecule has 6 heteroatoms. The number of carbonyl (C=O) groups excluding carboxylic acids is 1. The van der Waals surface area contributed by atoms with Crippen LogP contribution < -0.4 is 10.6 Å². The van der Waals surface area contributed by atoms with E-state index in [4.69, 9.17) is 11.6 Å². The Labute approximate surface area is 144 Å². The molecule has 1 amide bonds. The van der Waals surface area contributed by atoms with Gasteiger partial charge in [-0.3, -0.25) is 4.79 Å². The van der Waals surface area contributed by atoms with Gasteiger partial charge in [0.15, 0.2) is 11.6 Å². The van der Waals surface area contributed by atoms with Crippen molar-refractivity contribution >= 4 is 34.8 Å². The van der Waals surface area contributed by atoms with Gasteiger partial charge in [-0.2, -0.15) is 0 Å². The van der Waals surface area contributed by atoms with Crippen molar-refractivity contribution in [2.24, 2.45) is 0 Å².